The summed E-state index contributed by atoms with van der Waals surface area (Å²) in [5.74, 6) is 0.891. The molecule has 2 aromatic carbocycles. The molecule has 0 radical (unpaired) electrons. The number of rotatable bonds is 8. The lowest BCUT2D eigenvalue weighted by Gasteiger charge is -2.11. The lowest BCUT2D eigenvalue weighted by atomic mass is 9.97. The van der Waals surface area contributed by atoms with Gasteiger partial charge in [0, 0.05) is 5.02 Å². The number of ether oxygens (including phenoxy) is 1. The van der Waals surface area contributed by atoms with E-state index in [0.29, 0.717) is 16.7 Å². The molecule has 0 saturated heterocycles. The van der Waals surface area contributed by atoms with Crippen molar-refractivity contribution in [2.75, 3.05) is 6.61 Å². The van der Waals surface area contributed by atoms with Gasteiger partial charge in [-0.1, -0.05) is 56.1 Å². The van der Waals surface area contributed by atoms with Crippen LogP contribution in [0.2, 0.25) is 5.02 Å². The number of halogens is 1. The van der Waals surface area contributed by atoms with Crippen molar-refractivity contribution in [3.05, 3.63) is 64.7 Å². The van der Waals surface area contributed by atoms with Crippen LogP contribution < -0.4 is 10.2 Å². The van der Waals surface area contributed by atoms with E-state index < -0.39 is 0 Å². The highest BCUT2D eigenvalue weighted by Gasteiger charge is 2.05. The summed E-state index contributed by atoms with van der Waals surface area (Å²) in [5, 5.41) is 4.55. The van der Waals surface area contributed by atoms with Gasteiger partial charge in [0.2, 0.25) is 0 Å². The van der Waals surface area contributed by atoms with Crippen molar-refractivity contribution in [3.8, 4) is 5.75 Å². The monoisotopic (exact) mass is 358 g/mol. The Bertz CT molecular complexity index is 697. The van der Waals surface area contributed by atoms with Gasteiger partial charge in [-0.05, 0) is 47.7 Å². The summed E-state index contributed by atoms with van der Waals surface area (Å²) in [6, 6.07) is 15.0. The summed E-state index contributed by atoms with van der Waals surface area (Å²) in [4.78, 5) is 11.8. The van der Waals surface area contributed by atoms with E-state index in [4.69, 9.17) is 16.3 Å². The van der Waals surface area contributed by atoms with E-state index in [1.807, 2.05) is 36.4 Å². The molecule has 4 nitrogen and oxygen atoms in total. The maximum Gasteiger partial charge on any atom is 0.277 e. The van der Waals surface area contributed by atoms with Crippen LogP contribution in [0.1, 0.15) is 43.7 Å². The Hall–Kier alpha value is -2.33. The zero-order valence-electron chi connectivity index (χ0n) is 14.5. The predicted molar refractivity (Wildman–Crippen MR) is 102 cm³/mol. The molecule has 2 aromatic rings. The van der Waals surface area contributed by atoms with E-state index in [-0.39, 0.29) is 12.5 Å². The van der Waals surface area contributed by atoms with Gasteiger partial charge in [0.1, 0.15) is 5.75 Å². The number of carbonyl (C=O) groups is 1. The summed E-state index contributed by atoms with van der Waals surface area (Å²) in [6.45, 7) is 4.31. The smallest absolute Gasteiger partial charge is 0.277 e. The van der Waals surface area contributed by atoms with Crippen molar-refractivity contribution in [1.29, 1.82) is 0 Å². The van der Waals surface area contributed by atoms with E-state index in [9.17, 15) is 4.79 Å². The molecule has 1 amide bonds. The molecule has 1 N–H and O–H groups in total. The summed E-state index contributed by atoms with van der Waals surface area (Å²) in [7, 11) is 0. The Morgan fingerprint density at radius 1 is 1.20 bits per heavy atom. The van der Waals surface area contributed by atoms with Crippen molar-refractivity contribution in [3.63, 3.8) is 0 Å². The van der Waals surface area contributed by atoms with Crippen LogP contribution in [0.4, 0.5) is 0 Å². The van der Waals surface area contributed by atoms with Crippen LogP contribution in [0.15, 0.2) is 53.6 Å². The van der Waals surface area contributed by atoms with Gasteiger partial charge in [-0.3, -0.25) is 4.79 Å². The average molecular weight is 359 g/mol. The average Bonchev–Trinajstić information content (AvgIpc) is 2.62. The first kappa shape index (κ1) is 19.0. The van der Waals surface area contributed by atoms with Crippen LogP contribution in [0.5, 0.6) is 5.75 Å². The molecule has 1 unspecified atom stereocenters. The fourth-order valence-electron chi connectivity index (χ4n) is 2.40. The van der Waals surface area contributed by atoms with E-state index in [2.05, 4.69) is 24.4 Å². The summed E-state index contributed by atoms with van der Waals surface area (Å²) in [5.41, 5.74) is 4.57. The second kappa shape index (κ2) is 9.84. The Morgan fingerprint density at radius 3 is 2.52 bits per heavy atom. The number of hydrogen-bond donors (Lipinski definition) is 1. The maximum atomic E-state index is 11.8. The van der Waals surface area contributed by atoms with Gasteiger partial charge in [-0.25, -0.2) is 5.43 Å². The van der Waals surface area contributed by atoms with Crippen LogP contribution in [-0.4, -0.2) is 18.7 Å². The molecule has 0 heterocycles. The number of nitrogens with one attached hydrogen (secondary N) is 1. The molecule has 0 aliphatic rings. The van der Waals surface area contributed by atoms with Crippen LogP contribution in [0.3, 0.4) is 0 Å². The van der Waals surface area contributed by atoms with Gasteiger partial charge in [-0.2, -0.15) is 5.10 Å². The molecule has 0 bridgehead atoms. The number of nitrogens with zero attached hydrogens (tertiary/aromatic N) is 1. The third-order valence-corrected chi connectivity index (χ3v) is 4.07. The second-order valence-electron chi connectivity index (χ2n) is 5.89. The van der Waals surface area contributed by atoms with Gasteiger partial charge in [0.05, 0.1) is 6.21 Å². The Morgan fingerprint density at radius 2 is 1.88 bits per heavy atom. The molecule has 132 valence electrons. The van der Waals surface area contributed by atoms with Crippen LogP contribution >= 0.6 is 11.6 Å². The van der Waals surface area contributed by atoms with Gasteiger partial charge in [0.15, 0.2) is 6.61 Å². The zero-order chi connectivity index (χ0) is 18.1. The second-order valence-corrected chi connectivity index (χ2v) is 6.33. The maximum absolute atomic E-state index is 11.8. The first-order valence-corrected chi connectivity index (χ1v) is 8.76. The van der Waals surface area contributed by atoms with Crippen LogP contribution in [0, 0.1) is 0 Å². The molecule has 0 saturated carbocycles. The highest BCUT2D eigenvalue weighted by Crippen LogP contribution is 2.22. The summed E-state index contributed by atoms with van der Waals surface area (Å²) < 4.78 is 5.48. The SMILES string of the molecule is CCCC(C)c1ccc(OCC(=O)NN=Cc2ccc(Cl)cc2)cc1. The Kier molecular flexibility index (Phi) is 7.48. The van der Waals surface area contributed by atoms with Crippen molar-refractivity contribution in [1.82, 2.24) is 5.43 Å². The highest BCUT2D eigenvalue weighted by atomic mass is 35.5. The number of amides is 1. The molecule has 0 aromatic heterocycles. The normalized spacial score (nSPS) is 12.1. The minimum Gasteiger partial charge on any atom is -0.484 e. The van der Waals surface area contributed by atoms with E-state index in [1.165, 1.54) is 5.56 Å². The van der Waals surface area contributed by atoms with Crippen LogP contribution in [-0.2, 0) is 4.79 Å². The van der Waals surface area contributed by atoms with Gasteiger partial charge >= 0.3 is 0 Å². The Labute approximate surface area is 153 Å². The fourth-order valence-corrected chi connectivity index (χ4v) is 2.53. The van der Waals surface area contributed by atoms with Crippen molar-refractivity contribution in [2.24, 2.45) is 5.10 Å². The molecule has 0 fully saturated rings. The third-order valence-electron chi connectivity index (χ3n) is 3.81. The molecule has 1 atom stereocenters. The van der Waals surface area contributed by atoms with Gasteiger partial charge in [-0.15, -0.1) is 0 Å². The van der Waals surface area contributed by atoms with Gasteiger partial charge < -0.3 is 4.74 Å². The minimum absolute atomic E-state index is 0.0815. The van der Waals surface area contributed by atoms with Crippen molar-refractivity contribution in [2.45, 2.75) is 32.6 Å². The number of carbonyl (C=O) groups excluding carboxylic acids is 1. The Balaban J connectivity index is 1.76. The first-order chi connectivity index (χ1) is 12.1. The topological polar surface area (TPSA) is 50.7 Å². The third kappa shape index (κ3) is 6.59. The van der Waals surface area contributed by atoms with Crippen molar-refractivity contribution < 1.29 is 9.53 Å². The summed E-state index contributed by atoms with van der Waals surface area (Å²) >= 11 is 5.81. The molecule has 0 aliphatic carbocycles. The molecular weight excluding hydrogens is 336 g/mol. The largest absolute Gasteiger partial charge is 0.484 e. The number of benzene rings is 2. The lowest BCUT2D eigenvalue weighted by Crippen LogP contribution is -2.24. The quantitative estimate of drug-likeness (QED) is 0.545. The molecule has 0 spiro atoms. The van der Waals surface area contributed by atoms with E-state index in [0.717, 1.165) is 18.4 Å². The molecular formula is C20H23ClN2O2. The van der Waals surface area contributed by atoms with E-state index >= 15 is 0 Å². The standard InChI is InChI=1S/C20H23ClN2O2/c1-3-4-15(2)17-7-11-19(12-8-17)25-14-20(24)23-22-13-16-5-9-18(21)10-6-16/h5-13,15H,3-4,14H2,1-2H3,(H,23,24). The molecule has 2 rings (SSSR count). The minimum atomic E-state index is -0.311. The van der Waals surface area contributed by atoms with Crippen molar-refractivity contribution >= 4 is 23.7 Å². The number of hydrogen-bond acceptors (Lipinski definition) is 3. The predicted octanol–water partition coefficient (Wildman–Crippen LogP) is 4.77. The molecule has 5 heteroatoms. The lowest BCUT2D eigenvalue weighted by molar-refractivity contribution is -0.123. The first-order valence-electron chi connectivity index (χ1n) is 8.38. The van der Waals surface area contributed by atoms with E-state index in [1.54, 1.807) is 18.3 Å². The van der Waals surface area contributed by atoms with Crippen LogP contribution in [0.25, 0.3) is 0 Å². The fraction of sp³-hybridized carbons (Fsp3) is 0.300. The number of hydrazone groups is 1. The van der Waals surface area contributed by atoms with Gasteiger partial charge in [0.25, 0.3) is 5.91 Å². The highest BCUT2D eigenvalue weighted by molar-refractivity contribution is 6.30. The zero-order valence-corrected chi connectivity index (χ0v) is 15.3. The summed E-state index contributed by atoms with van der Waals surface area (Å²) in [6.07, 6.45) is 3.88. The molecule has 0 aliphatic heterocycles. The molecule has 25 heavy (non-hydrogen) atoms.